The SMILES string of the molecule is COc1cccc(/C=N\OCc2nc(N)nc(Nc3ccccc3)n2)c1OC. The number of para-hydroxylation sites is 2. The molecule has 0 radical (unpaired) electrons. The molecule has 2 aromatic carbocycles. The van der Waals surface area contributed by atoms with Gasteiger partial charge in [0.1, 0.15) is 0 Å². The van der Waals surface area contributed by atoms with Crippen LogP contribution in [0.4, 0.5) is 17.6 Å². The third-order valence-electron chi connectivity index (χ3n) is 3.62. The molecule has 0 aliphatic carbocycles. The van der Waals surface area contributed by atoms with Gasteiger partial charge in [0.25, 0.3) is 0 Å². The lowest BCUT2D eigenvalue weighted by Crippen LogP contribution is -2.07. The van der Waals surface area contributed by atoms with E-state index in [1.54, 1.807) is 20.3 Å². The van der Waals surface area contributed by atoms with E-state index >= 15 is 0 Å². The molecule has 9 heteroatoms. The number of hydrogen-bond donors (Lipinski definition) is 2. The first-order chi connectivity index (χ1) is 13.7. The Morgan fingerprint density at radius 3 is 2.57 bits per heavy atom. The summed E-state index contributed by atoms with van der Waals surface area (Å²) in [5.74, 6) is 1.94. The number of nitrogens with one attached hydrogen (secondary N) is 1. The number of anilines is 3. The number of ether oxygens (including phenoxy) is 2. The summed E-state index contributed by atoms with van der Waals surface area (Å²) in [6.45, 7) is 0.0268. The zero-order valence-electron chi connectivity index (χ0n) is 15.5. The van der Waals surface area contributed by atoms with Crippen LogP contribution in [0.5, 0.6) is 11.5 Å². The number of hydrogen-bond acceptors (Lipinski definition) is 9. The zero-order chi connectivity index (χ0) is 19.8. The van der Waals surface area contributed by atoms with Crippen LogP contribution in [0.15, 0.2) is 53.7 Å². The van der Waals surface area contributed by atoms with Gasteiger partial charge >= 0.3 is 0 Å². The van der Waals surface area contributed by atoms with Crippen molar-refractivity contribution in [3.63, 3.8) is 0 Å². The molecule has 3 rings (SSSR count). The van der Waals surface area contributed by atoms with E-state index in [0.29, 0.717) is 28.8 Å². The maximum absolute atomic E-state index is 5.75. The summed E-state index contributed by atoms with van der Waals surface area (Å²) >= 11 is 0. The molecule has 0 aliphatic rings. The van der Waals surface area contributed by atoms with Crippen molar-refractivity contribution in [3.8, 4) is 11.5 Å². The summed E-state index contributed by atoms with van der Waals surface area (Å²) in [5, 5.41) is 7.00. The van der Waals surface area contributed by atoms with Crippen molar-refractivity contribution < 1.29 is 14.3 Å². The van der Waals surface area contributed by atoms with Gasteiger partial charge in [0.05, 0.1) is 20.4 Å². The normalized spacial score (nSPS) is 10.6. The minimum absolute atomic E-state index is 0.0268. The van der Waals surface area contributed by atoms with Gasteiger partial charge in [-0.15, -0.1) is 0 Å². The lowest BCUT2D eigenvalue weighted by Gasteiger charge is -2.09. The van der Waals surface area contributed by atoms with E-state index in [-0.39, 0.29) is 12.6 Å². The molecule has 9 nitrogen and oxygen atoms in total. The Kier molecular flexibility index (Phi) is 6.19. The average molecular weight is 380 g/mol. The first kappa shape index (κ1) is 18.9. The molecule has 0 fully saturated rings. The monoisotopic (exact) mass is 380 g/mol. The Bertz CT molecular complexity index is 950. The Balaban J connectivity index is 1.66. The molecule has 3 N–H and O–H groups in total. The summed E-state index contributed by atoms with van der Waals surface area (Å²) in [6.07, 6.45) is 1.52. The molecule has 0 amide bonds. The summed E-state index contributed by atoms with van der Waals surface area (Å²) in [7, 11) is 3.13. The van der Waals surface area contributed by atoms with Crippen molar-refractivity contribution >= 4 is 23.8 Å². The fourth-order valence-electron chi connectivity index (χ4n) is 2.41. The second-order valence-corrected chi connectivity index (χ2v) is 5.52. The summed E-state index contributed by atoms with van der Waals surface area (Å²) in [5.41, 5.74) is 7.30. The van der Waals surface area contributed by atoms with Crippen LogP contribution in [0.2, 0.25) is 0 Å². The standard InChI is InChI=1S/C19H20N6O3/c1-26-15-10-6-7-13(17(15)27-2)11-21-28-12-16-23-18(20)25-19(24-16)22-14-8-4-3-5-9-14/h3-11H,12H2,1-2H3,(H3,20,22,23,24,25)/b21-11-. The van der Waals surface area contributed by atoms with Gasteiger partial charge in [0, 0.05) is 11.3 Å². The van der Waals surface area contributed by atoms with Gasteiger partial charge in [0.2, 0.25) is 11.9 Å². The Morgan fingerprint density at radius 2 is 1.82 bits per heavy atom. The van der Waals surface area contributed by atoms with Crippen LogP contribution in [-0.4, -0.2) is 35.4 Å². The van der Waals surface area contributed by atoms with E-state index in [4.69, 9.17) is 20.0 Å². The van der Waals surface area contributed by atoms with Gasteiger partial charge in [-0.05, 0) is 24.3 Å². The predicted octanol–water partition coefficient (Wildman–Crippen LogP) is 2.77. The van der Waals surface area contributed by atoms with E-state index in [9.17, 15) is 0 Å². The molecule has 0 spiro atoms. The van der Waals surface area contributed by atoms with Gasteiger partial charge in [0.15, 0.2) is 23.9 Å². The highest BCUT2D eigenvalue weighted by molar-refractivity contribution is 5.84. The van der Waals surface area contributed by atoms with Gasteiger partial charge < -0.3 is 25.4 Å². The molecule has 144 valence electrons. The van der Waals surface area contributed by atoms with E-state index in [1.807, 2.05) is 42.5 Å². The maximum atomic E-state index is 5.75. The van der Waals surface area contributed by atoms with Crippen molar-refractivity contribution in [2.24, 2.45) is 5.16 Å². The average Bonchev–Trinajstić information content (AvgIpc) is 2.71. The highest BCUT2D eigenvalue weighted by Gasteiger charge is 2.08. The number of oxime groups is 1. The van der Waals surface area contributed by atoms with Crippen molar-refractivity contribution in [1.82, 2.24) is 15.0 Å². The molecule has 0 aliphatic heterocycles. The highest BCUT2D eigenvalue weighted by atomic mass is 16.6. The van der Waals surface area contributed by atoms with E-state index in [2.05, 4.69) is 25.4 Å². The molecule has 1 heterocycles. The summed E-state index contributed by atoms with van der Waals surface area (Å²) < 4.78 is 10.6. The number of nitrogen functional groups attached to an aromatic ring is 1. The number of aromatic nitrogens is 3. The zero-order valence-corrected chi connectivity index (χ0v) is 15.5. The third kappa shape index (κ3) is 4.85. The van der Waals surface area contributed by atoms with Gasteiger partial charge in [-0.2, -0.15) is 15.0 Å². The van der Waals surface area contributed by atoms with Crippen molar-refractivity contribution in [2.75, 3.05) is 25.3 Å². The molecular weight excluding hydrogens is 360 g/mol. The van der Waals surface area contributed by atoms with E-state index < -0.39 is 0 Å². The number of methoxy groups -OCH3 is 2. The first-order valence-corrected chi connectivity index (χ1v) is 8.38. The second kappa shape index (κ2) is 9.17. The van der Waals surface area contributed by atoms with Crippen LogP contribution in [0.1, 0.15) is 11.4 Å². The van der Waals surface area contributed by atoms with Crippen LogP contribution in [0.25, 0.3) is 0 Å². The van der Waals surface area contributed by atoms with E-state index in [0.717, 1.165) is 5.69 Å². The lowest BCUT2D eigenvalue weighted by atomic mass is 10.2. The Hall–Kier alpha value is -3.88. The smallest absolute Gasteiger partial charge is 0.232 e. The molecule has 0 saturated carbocycles. The number of nitrogens with zero attached hydrogens (tertiary/aromatic N) is 4. The minimum atomic E-state index is 0.0268. The number of nitrogens with two attached hydrogens (primary N) is 1. The van der Waals surface area contributed by atoms with Crippen LogP contribution in [0.3, 0.4) is 0 Å². The van der Waals surface area contributed by atoms with Gasteiger partial charge in [-0.1, -0.05) is 29.4 Å². The van der Waals surface area contributed by atoms with Crippen LogP contribution < -0.4 is 20.5 Å². The van der Waals surface area contributed by atoms with Gasteiger partial charge in [-0.25, -0.2) is 0 Å². The summed E-state index contributed by atoms with van der Waals surface area (Å²) in [4.78, 5) is 17.7. The van der Waals surface area contributed by atoms with Crippen LogP contribution in [0, 0.1) is 0 Å². The molecule has 28 heavy (non-hydrogen) atoms. The summed E-state index contributed by atoms with van der Waals surface area (Å²) in [6, 6.07) is 15.0. The van der Waals surface area contributed by atoms with Gasteiger partial charge in [-0.3, -0.25) is 0 Å². The predicted molar refractivity (Wildman–Crippen MR) is 106 cm³/mol. The largest absolute Gasteiger partial charge is 0.493 e. The van der Waals surface area contributed by atoms with E-state index in [1.165, 1.54) is 6.21 Å². The molecule has 0 bridgehead atoms. The maximum Gasteiger partial charge on any atom is 0.232 e. The topological polar surface area (TPSA) is 117 Å². The molecule has 0 saturated heterocycles. The lowest BCUT2D eigenvalue weighted by molar-refractivity contribution is 0.126. The molecule has 1 aromatic heterocycles. The number of benzene rings is 2. The van der Waals surface area contributed by atoms with Crippen molar-refractivity contribution in [2.45, 2.75) is 6.61 Å². The first-order valence-electron chi connectivity index (χ1n) is 8.38. The second-order valence-electron chi connectivity index (χ2n) is 5.52. The fraction of sp³-hybridized carbons (Fsp3) is 0.158. The molecule has 0 unspecified atom stereocenters. The Morgan fingerprint density at radius 1 is 1.00 bits per heavy atom. The minimum Gasteiger partial charge on any atom is -0.493 e. The third-order valence-corrected chi connectivity index (χ3v) is 3.62. The molecule has 0 atom stereocenters. The van der Waals surface area contributed by atoms with Crippen LogP contribution in [-0.2, 0) is 11.4 Å². The molecule has 3 aromatic rings. The van der Waals surface area contributed by atoms with Crippen molar-refractivity contribution in [3.05, 3.63) is 59.9 Å². The Labute approximate surface area is 162 Å². The fourth-order valence-corrected chi connectivity index (χ4v) is 2.41. The highest BCUT2D eigenvalue weighted by Crippen LogP contribution is 2.29. The van der Waals surface area contributed by atoms with Crippen LogP contribution >= 0.6 is 0 Å². The molecular formula is C19H20N6O3. The van der Waals surface area contributed by atoms with Crippen molar-refractivity contribution in [1.29, 1.82) is 0 Å². The number of rotatable bonds is 8. The quantitative estimate of drug-likeness (QED) is 0.452.